The number of nitrogen functional groups attached to an aromatic ring is 1. The lowest BCUT2D eigenvalue weighted by Gasteiger charge is -2.18. The van der Waals surface area contributed by atoms with E-state index in [0.717, 1.165) is 18.6 Å². The highest BCUT2D eigenvalue weighted by Gasteiger charge is 2.26. The minimum atomic E-state index is -0.938. The van der Waals surface area contributed by atoms with E-state index in [1.54, 1.807) is 18.2 Å². The largest absolute Gasteiger partial charge is 0.478 e. The average molecular weight is 280 g/mol. The van der Waals surface area contributed by atoms with Gasteiger partial charge in [0, 0.05) is 11.3 Å². The van der Waals surface area contributed by atoms with E-state index < -0.39 is 5.97 Å². The third kappa shape index (κ3) is 3.35. The second-order valence-electron chi connectivity index (χ2n) is 4.81. The summed E-state index contributed by atoms with van der Waals surface area (Å²) in [6, 6.07) is 5.33. The number of carboxylic acid groups (broad SMARTS) is 1. The van der Waals surface area contributed by atoms with Crippen LogP contribution >= 0.6 is 11.8 Å². The normalized spacial score (nSPS) is 22.4. The lowest BCUT2D eigenvalue weighted by Crippen LogP contribution is -2.19. The highest BCUT2D eigenvalue weighted by Crippen LogP contribution is 2.33. The maximum Gasteiger partial charge on any atom is 0.337 e. The number of rotatable bonds is 5. The third-order valence-electron chi connectivity index (χ3n) is 3.46. The van der Waals surface area contributed by atoms with Crippen LogP contribution in [0.2, 0.25) is 0 Å². The molecule has 19 heavy (non-hydrogen) atoms. The van der Waals surface area contributed by atoms with Crippen LogP contribution in [0.4, 0.5) is 11.4 Å². The standard InChI is InChI=1S/C14H20N2O2S/c1-2-19-10-7-6-9(8-10)16-13-11(14(17)18)4-3-5-12(13)15/h3-5,9-10,16H,2,6-8,15H2,1H3,(H,17,18). The number of carbonyl (C=O) groups is 1. The second-order valence-corrected chi connectivity index (χ2v) is 6.38. The van der Waals surface area contributed by atoms with Crippen LogP contribution in [0.15, 0.2) is 18.2 Å². The van der Waals surface area contributed by atoms with Crippen molar-refractivity contribution in [3.63, 3.8) is 0 Å². The highest BCUT2D eigenvalue weighted by atomic mass is 32.2. The second kappa shape index (κ2) is 6.19. The first-order valence-corrected chi connectivity index (χ1v) is 7.66. The summed E-state index contributed by atoms with van der Waals surface area (Å²) in [7, 11) is 0. The van der Waals surface area contributed by atoms with Crippen LogP contribution in [0.25, 0.3) is 0 Å². The zero-order chi connectivity index (χ0) is 13.8. The van der Waals surface area contributed by atoms with Crippen molar-refractivity contribution in [2.24, 2.45) is 0 Å². The van der Waals surface area contributed by atoms with Gasteiger partial charge in [-0.1, -0.05) is 13.0 Å². The maximum absolute atomic E-state index is 11.2. The van der Waals surface area contributed by atoms with Crippen molar-refractivity contribution >= 4 is 29.1 Å². The number of nitrogens with two attached hydrogens (primary N) is 1. The molecule has 0 aromatic heterocycles. The first-order valence-electron chi connectivity index (χ1n) is 6.61. The molecule has 4 N–H and O–H groups in total. The zero-order valence-corrected chi connectivity index (χ0v) is 11.9. The molecule has 0 radical (unpaired) electrons. The molecule has 4 nitrogen and oxygen atoms in total. The fraction of sp³-hybridized carbons (Fsp3) is 0.500. The number of para-hydroxylation sites is 1. The van der Waals surface area contributed by atoms with Crippen LogP contribution in [-0.4, -0.2) is 28.1 Å². The van der Waals surface area contributed by atoms with Gasteiger partial charge in [0.05, 0.1) is 16.9 Å². The van der Waals surface area contributed by atoms with Gasteiger partial charge in [0.25, 0.3) is 0 Å². The Morgan fingerprint density at radius 2 is 2.32 bits per heavy atom. The molecule has 2 unspecified atom stereocenters. The summed E-state index contributed by atoms with van der Waals surface area (Å²) < 4.78 is 0. The average Bonchev–Trinajstić information content (AvgIpc) is 2.79. The highest BCUT2D eigenvalue weighted by molar-refractivity contribution is 7.99. The van der Waals surface area contributed by atoms with E-state index in [4.69, 9.17) is 5.73 Å². The summed E-state index contributed by atoms with van der Waals surface area (Å²) in [5.74, 6) is 0.192. The monoisotopic (exact) mass is 280 g/mol. The lowest BCUT2D eigenvalue weighted by atomic mass is 10.1. The van der Waals surface area contributed by atoms with Crippen LogP contribution < -0.4 is 11.1 Å². The summed E-state index contributed by atoms with van der Waals surface area (Å²) in [4.78, 5) is 11.2. The van der Waals surface area contributed by atoms with Gasteiger partial charge in [0.1, 0.15) is 0 Å². The Hall–Kier alpha value is -1.36. The Balaban J connectivity index is 2.09. The molecule has 0 saturated heterocycles. The molecule has 1 aromatic carbocycles. The van der Waals surface area contributed by atoms with Gasteiger partial charge >= 0.3 is 5.97 Å². The van der Waals surface area contributed by atoms with Gasteiger partial charge in [-0.15, -0.1) is 0 Å². The van der Waals surface area contributed by atoms with E-state index in [1.165, 1.54) is 6.42 Å². The Labute approximate surface area is 117 Å². The summed E-state index contributed by atoms with van der Waals surface area (Å²) in [6.07, 6.45) is 3.34. The van der Waals surface area contributed by atoms with Crippen LogP contribution in [0.1, 0.15) is 36.5 Å². The molecule has 0 heterocycles. The predicted octanol–water partition coefficient (Wildman–Crippen LogP) is 3.05. The number of hydrogen-bond donors (Lipinski definition) is 3. The Kier molecular flexibility index (Phi) is 4.58. The lowest BCUT2D eigenvalue weighted by molar-refractivity contribution is 0.0698. The van der Waals surface area contributed by atoms with Gasteiger partial charge in [-0.2, -0.15) is 11.8 Å². The molecule has 2 atom stereocenters. The molecule has 0 aliphatic heterocycles. The van der Waals surface area contributed by atoms with Gasteiger partial charge in [-0.25, -0.2) is 4.79 Å². The Morgan fingerprint density at radius 3 is 3.00 bits per heavy atom. The van der Waals surface area contributed by atoms with Crippen LogP contribution in [0.3, 0.4) is 0 Å². The minimum Gasteiger partial charge on any atom is -0.478 e. The number of thioether (sulfide) groups is 1. The first kappa shape index (κ1) is 14.1. The van der Waals surface area contributed by atoms with Crippen LogP contribution in [0, 0.1) is 0 Å². The number of benzene rings is 1. The van der Waals surface area contributed by atoms with Crippen LogP contribution in [-0.2, 0) is 0 Å². The van der Waals surface area contributed by atoms with Gasteiger partial charge in [-0.3, -0.25) is 0 Å². The Bertz CT molecular complexity index is 465. The molecule has 1 aliphatic rings. The summed E-state index contributed by atoms with van der Waals surface area (Å²) in [5.41, 5.74) is 7.23. The van der Waals surface area contributed by atoms with Gasteiger partial charge in [0.15, 0.2) is 0 Å². The quantitative estimate of drug-likeness (QED) is 0.723. The molecular formula is C14H20N2O2S. The fourth-order valence-corrected chi connectivity index (χ4v) is 3.71. The number of carboxylic acids is 1. The molecule has 5 heteroatoms. The molecule has 104 valence electrons. The van der Waals surface area contributed by atoms with E-state index in [1.807, 2.05) is 11.8 Å². The summed E-state index contributed by atoms with van der Waals surface area (Å²) in [5, 5.41) is 13.2. The van der Waals surface area contributed by atoms with Crippen molar-refractivity contribution in [2.75, 3.05) is 16.8 Å². The van der Waals surface area contributed by atoms with Crippen molar-refractivity contribution in [1.29, 1.82) is 0 Å². The number of aromatic carboxylic acids is 1. The molecule has 1 aliphatic carbocycles. The topological polar surface area (TPSA) is 75.3 Å². The first-order chi connectivity index (χ1) is 9.11. The van der Waals surface area contributed by atoms with Gasteiger partial charge in [0.2, 0.25) is 0 Å². The van der Waals surface area contributed by atoms with Crippen molar-refractivity contribution in [3.8, 4) is 0 Å². The van der Waals surface area contributed by atoms with Crippen molar-refractivity contribution in [1.82, 2.24) is 0 Å². The number of anilines is 2. The summed E-state index contributed by atoms with van der Waals surface area (Å²) >= 11 is 1.98. The van der Waals surface area contributed by atoms with Gasteiger partial charge < -0.3 is 16.2 Å². The molecular weight excluding hydrogens is 260 g/mol. The van der Waals surface area contributed by atoms with Gasteiger partial charge in [-0.05, 0) is 37.1 Å². The van der Waals surface area contributed by atoms with Crippen molar-refractivity contribution < 1.29 is 9.90 Å². The van der Waals surface area contributed by atoms with E-state index in [-0.39, 0.29) is 5.56 Å². The maximum atomic E-state index is 11.2. The number of hydrogen-bond acceptors (Lipinski definition) is 4. The SMILES string of the molecule is CCSC1CCC(Nc2c(N)cccc2C(=O)O)C1. The van der Waals surface area contributed by atoms with E-state index >= 15 is 0 Å². The third-order valence-corrected chi connectivity index (χ3v) is 4.70. The number of nitrogens with one attached hydrogen (secondary N) is 1. The van der Waals surface area contributed by atoms with E-state index in [9.17, 15) is 9.90 Å². The molecule has 0 spiro atoms. The molecule has 1 fully saturated rings. The minimum absolute atomic E-state index is 0.256. The molecule has 1 aromatic rings. The van der Waals surface area contributed by atoms with Crippen molar-refractivity contribution in [3.05, 3.63) is 23.8 Å². The van der Waals surface area contributed by atoms with Crippen LogP contribution in [0.5, 0.6) is 0 Å². The van der Waals surface area contributed by atoms with Crippen molar-refractivity contribution in [2.45, 2.75) is 37.5 Å². The van der Waals surface area contributed by atoms with E-state index in [0.29, 0.717) is 22.7 Å². The fourth-order valence-electron chi connectivity index (χ4n) is 2.57. The zero-order valence-electron chi connectivity index (χ0n) is 11.1. The predicted molar refractivity (Wildman–Crippen MR) is 81.0 cm³/mol. The summed E-state index contributed by atoms with van der Waals surface area (Å²) in [6.45, 7) is 2.17. The van der Waals surface area contributed by atoms with E-state index in [2.05, 4.69) is 12.2 Å². The molecule has 0 bridgehead atoms. The molecule has 1 saturated carbocycles. The molecule has 0 amide bonds. The molecule has 2 rings (SSSR count). The smallest absolute Gasteiger partial charge is 0.337 e. The Morgan fingerprint density at radius 1 is 1.53 bits per heavy atom.